The summed E-state index contributed by atoms with van der Waals surface area (Å²) in [5, 5.41) is 2.76. The van der Waals surface area contributed by atoms with Crippen LogP contribution in [0.25, 0.3) is 0 Å². The van der Waals surface area contributed by atoms with Crippen molar-refractivity contribution in [3.63, 3.8) is 0 Å². The third-order valence-corrected chi connectivity index (χ3v) is 3.69. The number of halogens is 4. The molecular formula is C12H19ClF3NO. The average Bonchev–Trinajstić information content (AvgIpc) is 2.33. The normalized spacial score (nSPS) is 24.9. The standard InChI is InChI=1S/C12H19ClF3NO/c13-7-1-2-8-17-11(18)9-3-5-10(6-4-9)12(14,15)16/h9-10H,1-8H2,(H,17,18). The smallest absolute Gasteiger partial charge is 0.356 e. The molecule has 0 aliphatic heterocycles. The molecule has 0 heterocycles. The number of hydrogen-bond donors (Lipinski definition) is 1. The molecule has 0 unspecified atom stereocenters. The molecule has 2 nitrogen and oxygen atoms in total. The highest BCUT2D eigenvalue weighted by Crippen LogP contribution is 2.39. The average molecular weight is 286 g/mol. The van der Waals surface area contributed by atoms with Gasteiger partial charge in [-0.05, 0) is 38.5 Å². The van der Waals surface area contributed by atoms with Gasteiger partial charge in [0.25, 0.3) is 0 Å². The van der Waals surface area contributed by atoms with E-state index in [1.807, 2.05) is 0 Å². The zero-order valence-electron chi connectivity index (χ0n) is 10.2. The molecule has 1 aliphatic rings. The lowest BCUT2D eigenvalue weighted by Crippen LogP contribution is -2.36. The van der Waals surface area contributed by atoms with Crippen LogP contribution in [-0.4, -0.2) is 24.5 Å². The van der Waals surface area contributed by atoms with E-state index < -0.39 is 12.1 Å². The molecule has 1 amide bonds. The fraction of sp³-hybridized carbons (Fsp3) is 0.917. The second kappa shape index (κ2) is 7.22. The van der Waals surface area contributed by atoms with Crippen LogP contribution in [0.3, 0.4) is 0 Å². The summed E-state index contributed by atoms with van der Waals surface area (Å²) in [7, 11) is 0. The number of carbonyl (C=O) groups is 1. The number of carbonyl (C=O) groups excluding carboxylic acids is 1. The lowest BCUT2D eigenvalue weighted by molar-refractivity contribution is -0.184. The molecule has 1 aliphatic carbocycles. The first-order valence-corrected chi connectivity index (χ1v) is 6.89. The number of alkyl halides is 4. The van der Waals surface area contributed by atoms with Crippen LogP contribution in [-0.2, 0) is 4.79 Å². The maximum atomic E-state index is 12.4. The third-order valence-electron chi connectivity index (χ3n) is 3.42. The maximum Gasteiger partial charge on any atom is 0.391 e. The van der Waals surface area contributed by atoms with Crippen molar-refractivity contribution in [1.29, 1.82) is 0 Å². The van der Waals surface area contributed by atoms with Crippen LogP contribution in [0.1, 0.15) is 38.5 Å². The summed E-state index contributed by atoms with van der Waals surface area (Å²) in [6.45, 7) is 0.560. The van der Waals surface area contributed by atoms with E-state index in [0.717, 1.165) is 12.8 Å². The fourth-order valence-electron chi connectivity index (χ4n) is 2.26. The van der Waals surface area contributed by atoms with Gasteiger partial charge >= 0.3 is 6.18 Å². The van der Waals surface area contributed by atoms with Gasteiger partial charge in [0.1, 0.15) is 0 Å². The predicted molar refractivity (Wildman–Crippen MR) is 64.5 cm³/mol. The summed E-state index contributed by atoms with van der Waals surface area (Å²) in [6, 6.07) is 0. The Bertz CT molecular complexity index is 263. The van der Waals surface area contributed by atoms with Crippen molar-refractivity contribution >= 4 is 17.5 Å². The van der Waals surface area contributed by atoms with E-state index in [9.17, 15) is 18.0 Å². The Balaban J connectivity index is 2.23. The van der Waals surface area contributed by atoms with Gasteiger partial charge in [0.2, 0.25) is 5.91 Å². The summed E-state index contributed by atoms with van der Waals surface area (Å²) in [5.74, 6) is -1.02. The van der Waals surface area contributed by atoms with E-state index in [2.05, 4.69) is 5.32 Å². The minimum Gasteiger partial charge on any atom is -0.356 e. The van der Waals surface area contributed by atoms with Gasteiger partial charge in [0, 0.05) is 18.3 Å². The molecule has 0 aromatic heterocycles. The largest absolute Gasteiger partial charge is 0.391 e. The van der Waals surface area contributed by atoms with E-state index in [1.165, 1.54) is 0 Å². The Morgan fingerprint density at radius 3 is 2.28 bits per heavy atom. The Morgan fingerprint density at radius 2 is 1.78 bits per heavy atom. The molecule has 0 aromatic carbocycles. The van der Waals surface area contributed by atoms with Crippen LogP contribution in [0.15, 0.2) is 0 Å². The van der Waals surface area contributed by atoms with Crippen LogP contribution in [0.5, 0.6) is 0 Å². The second-order valence-corrected chi connectivity index (χ2v) is 5.16. The first-order valence-electron chi connectivity index (χ1n) is 6.35. The highest BCUT2D eigenvalue weighted by Gasteiger charge is 2.42. The van der Waals surface area contributed by atoms with Crippen LogP contribution in [0.2, 0.25) is 0 Å². The van der Waals surface area contributed by atoms with E-state index in [-0.39, 0.29) is 24.7 Å². The topological polar surface area (TPSA) is 29.1 Å². The molecule has 0 radical (unpaired) electrons. The molecule has 0 saturated heterocycles. The molecule has 0 spiro atoms. The number of nitrogens with one attached hydrogen (secondary N) is 1. The van der Waals surface area contributed by atoms with Gasteiger partial charge in [-0.3, -0.25) is 4.79 Å². The number of unbranched alkanes of at least 4 members (excludes halogenated alkanes) is 1. The molecular weight excluding hydrogens is 267 g/mol. The van der Waals surface area contributed by atoms with Gasteiger partial charge in [-0.25, -0.2) is 0 Å². The van der Waals surface area contributed by atoms with Crippen molar-refractivity contribution in [2.45, 2.75) is 44.7 Å². The number of amides is 1. The molecule has 1 rings (SSSR count). The zero-order chi connectivity index (χ0) is 13.6. The van der Waals surface area contributed by atoms with Crippen molar-refractivity contribution in [3.8, 4) is 0 Å². The van der Waals surface area contributed by atoms with Crippen LogP contribution in [0.4, 0.5) is 13.2 Å². The van der Waals surface area contributed by atoms with Crippen molar-refractivity contribution in [2.75, 3.05) is 12.4 Å². The minimum absolute atomic E-state index is 0.0727. The van der Waals surface area contributed by atoms with Gasteiger partial charge in [-0.2, -0.15) is 13.2 Å². The van der Waals surface area contributed by atoms with Crippen LogP contribution in [0, 0.1) is 11.8 Å². The Labute approximate surface area is 110 Å². The van der Waals surface area contributed by atoms with Crippen molar-refractivity contribution < 1.29 is 18.0 Å². The lowest BCUT2D eigenvalue weighted by Gasteiger charge is -2.29. The molecule has 6 heteroatoms. The molecule has 1 N–H and O–H groups in total. The highest BCUT2D eigenvalue weighted by molar-refractivity contribution is 6.17. The number of hydrogen-bond acceptors (Lipinski definition) is 1. The first-order chi connectivity index (χ1) is 8.45. The van der Waals surface area contributed by atoms with E-state index in [4.69, 9.17) is 11.6 Å². The quantitative estimate of drug-likeness (QED) is 0.608. The summed E-state index contributed by atoms with van der Waals surface area (Å²) in [4.78, 5) is 11.7. The van der Waals surface area contributed by atoms with Crippen molar-refractivity contribution in [1.82, 2.24) is 5.32 Å². The van der Waals surface area contributed by atoms with Gasteiger partial charge in [-0.15, -0.1) is 11.6 Å². The summed E-state index contributed by atoms with van der Waals surface area (Å²) in [5.41, 5.74) is 0. The Morgan fingerprint density at radius 1 is 1.17 bits per heavy atom. The van der Waals surface area contributed by atoms with Gasteiger partial charge in [-0.1, -0.05) is 0 Å². The lowest BCUT2D eigenvalue weighted by atomic mass is 9.81. The van der Waals surface area contributed by atoms with Gasteiger partial charge < -0.3 is 5.32 Å². The molecule has 0 bridgehead atoms. The molecule has 0 atom stereocenters. The summed E-state index contributed by atoms with van der Waals surface area (Å²) in [6.07, 6.45) is -1.64. The van der Waals surface area contributed by atoms with E-state index in [1.54, 1.807) is 0 Å². The fourth-order valence-corrected chi connectivity index (χ4v) is 2.45. The minimum atomic E-state index is -4.11. The van der Waals surface area contributed by atoms with Crippen LogP contribution >= 0.6 is 11.6 Å². The molecule has 106 valence electrons. The van der Waals surface area contributed by atoms with Gasteiger partial charge in [0.15, 0.2) is 0 Å². The first kappa shape index (κ1) is 15.6. The zero-order valence-corrected chi connectivity index (χ0v) is 11.0. The van der Waals surface area contributed by atoms with Crippen molar-refractivity contribution in [2.24, 2.45) is 11.8 Å². The number of rotatable bonds is 5. The summed E-state index contributed by atoms with van der Waals surface area (Å²) >= 11 is 5.51. The Kier molecular flexibility index (Phi) is 6.26. The Hall–Kier alpha value is -0.450. The second-order valence-electron chi connectivity index (χ2n) is 4.78. The monoisotopic (exact) mass is 285 g/mol. The highest BCUT2D eigenvalue weighted by atomic mass is 35.5. The van der Waals surface area contributed by atoms with Crippen molar-refractivity contribution in [3.05, 3.63) is 0 Å². The molecule has 0 aromatic rings. The third kappa shape index (κ3) is 5.04. The predicted octanol–water partition coefficient (Wildman–Crippen LogP) is 3.49. The van der Waals surface area contributed by atoms with Crippen LogP contribution < -0.4 is 5.32 Å². The summed E-state index contributed by atoms with van der Waals surface area (Å²) < 4.78 is 37.3. The molecule has 1 saturated carbocycles. The molecule has 1 fully saturated rings. The molecule has 18 heavy (non-hydrogen) atoms. The van der Waals surface area contributed by atoms with E-state index in [0.29, 0.717) is 25.3 Å². The maximum absolute atomic E-state index is 12.4. The van der Waals surface area contributed by atoms with Gasteiger partial charge in [0.05, 0.1) is 5.92 Å². The van der Waals surface area contributed by atoms with E-state index >= 15 is 0 Å². The SMILES string of the molecule is O=C(NCCCCCl)C1CCC(C(F)(F)F)CC1.